The number of nitrogens with zero attached hydrogens (tertiary/aromatic N) is 3. The molecule has 0 aliphatic rings. The van der Waals surface area contributed by atoms with Crippen LogP contribution in [0.3, 0.4) is 0 Å². The Morgan fingerprint density at radius 2 is 1.67 bits per heavy atom. The minimum absolute atomic E-state index is 0.603. The van der Waals surface area contributed by atoms with Crippen LogP contribution < -0.4 is 4.74 Å². The predicted octanol–water partition coefficient (Wildman–Crippen LogP) is 3.58. The van der Waals surface area contributed by atoms with E-state index in [1.165, 1.54) is 0 Å². The number of ether oxygens (including phenoxy) is 1. The third-order valence-electron chi connectivity index (χ3n) is 3.54. The van der Waals surface area contributed by atoms with E-state index in [1.54, 1.807) is 7.11 Å². The molecule has 21 heavy (non-hydrogen) atoms. The average Bonchev–Trinajstić information content (AvgIpc) is 3.00. The van der Waals surface area contributed by atoms with Crippen molar-refractivity contribution in [2.45, 2.75) is 0 Å². The van der Waals surface area contributed by atoms with Gasteiger partial charge in [-0.2, -0.15) is 5.10 Å². The largest absolute Gasteiger partial charge is 0.480 e. The van der Waals surface area contributed by atoms with Crippen LogP contribution in [0.5, 0.6) is 5.88 Å². The zero-order valence-corrected chi connectivity index (χ0v) is 11.5. The second-order valence-electron chi connectivity index (χ2n) is 4.81. The van der Waals surface area contributed by atoms with Crippen LogP contribution in [0, 0.1) is 0 Å². The summed E-state index contributed by atoms with van der Waals surface area (Å²) >= 11 is 0. The lowest BCUT2D eigenvalue weighted by Gasteiger charge is -2.02. The topological polar surface area (TPSA) is 39.9 Å². The van der Waals surface area contributed by atoms with Crippen molar-refractivity contribution in [2.24, 2.45) is 0 Å². The Labute approximate surface area is 121 Å². The number of methoxy groups -OCH3 is 1. The van der Waals surface area contributed by atoms with Gasteiger partial charge in [0, 0.05) is 11.6 Å². The molecule has 4 nitrogen and oxygen atoms in total. The molecule has 0 radical (unpaired) electrons. The summed E-state index contributed by atoms with van der Waals surface area (Å²) in [7, 11) is 1.64. The summed E-state index contributed by atoms with van der Waals surface area (Å²) in [4.78, 5) is 4.55. The molecule has 4 rings (SSSR count). The van der Waals surface area contributed by atoms with Crippen molar-refractivity contribution < 1.29 is 4.74 Å². The highest BCUT2D eigenvalue weighted by molar-refractivity contribution is 6.05. The third-order valence-corrected chi connectivity index (χ3v) is 3.54. The fourth-order valence-electron chi connectivity index (χ4n) is 2.54. The van der Waals surface area contributed by atoms with Gasteiger partial charge in [0.25, 0.3) is 0 Å². The number of benzene rings is 2. The van der Waals surface area contributed by atoms with Gasteiger partial charge in [-0.05, 0) is 18.2 Å². The number of fused-ring (bicyclic) bond motifs is 3. The zero-order chi connectivity index (χ0) is 14.2. The monoisotopic (exact) mass is 275 g/mol. The normalized spacial score (nSPS) is 11.1. The van der Waals surface area contributed by atoms with Gasteiger partial charge in [-0.25, -0.2) is 9.67 Å². The molecule has 2 heterocycles. The SMILES string of the molecule is COc1nc2ccccc2c2nn(-c3ccccc3)cc12. The van der Waals surface area contributed by atoms with Crippen LogP contribution in [0.15, 0.2) is 60.8 Å². The Balaban J connectivity index is 2.08. The van der Waals surface area contributed by atoms with Gasteiger partial charge in [0.15, 0.2) is 0 Å². The first-order chi connectivity index (χ1) is 10.4. The fourth-order valence-corrected chi connectivity index (χ4v) is 2.54. The molecule has 0 saturated carbocycles. The highest BCUT2D eigenvalue weighted by Gasteiger charge is 2.13. The molecule has 0 N–H and O–H groups in total. The van der Waals surface area contributed by atoms with Crippen LogP contribution in [0.1, 0.15) is 0 Å². The van der Waals surface area contributed by atoms with Gasteiger partial charge >= 0.3 is 0 Å². The Morgan fingerprint density at radius 1 is 0.905 bits per heavy atom. The summed E-state index contributed by atoms with van der Waals surface area (Å²) in [6.07, 6.45) is 1.96. The van der Waals surface area contributed by atoms with E-state index in [4.69, 9.17) is 9.84 Å². The highest BCUT2D eigenvalue weighted by atomic mass is 16.5. The summed E-state index contributed by atoms with van der Waals surface area (Å²) in [6.45, 7) is 0. The van der Waals surface area contributed by atoms with E-state index in [9.17, 15) is 0 Å². The lowest BCUT2D eigenvalue weighted by molar-refractivity contribution is 0.405. The molecule has 4 aromatic rings. The van der Waals surface area contributed by atoms with Crippen LogP contribution in [0.25, 0.3) is 27.5 Å². The molecule has 0 fully saturated rings. The van der Waals surface area contributed by atoms with E-state index in [1.807, 2.05) is 65.5 Å². The van der Waals surface area contributed by atoms with Gasteiger partial charge in [0.05, 0.1) is 23.7 Å². The average molecular weight is 275 g/mol. The number of hydrogen-bond donors (Lipinski definition) is 0. The van der Waals surface area contributed by atoms with Crippen molar-refractivity contribution in [1.29, 1.82) is 0 Å². The molecule has 0 bridgehead atoms. The smallest absolute Gasteiger partial charge is 0.224 e. The van der Waals surface area contributed by atoms with Crippen molar-refractivity contribution in [3.05, 3.63) is 60.8 Å². The Bertz CT molecular complexity index is 929. The molecule has 0 amide bonds. The minimum Gasteiger partial charge on any atom is -0.480 e. The van der Waals surface area contributed by atoms with Crippen LogP contribution in [0.4, 0.5) is 0 Å². The van der Waals surface area contributed by atoms with E-state index < -0.39 is 0 Å². The Morgan fingerprint density at radius 3 is 2.48 bits per heavy atom. The van der Waals surface area contributed by atoms with Crippen LogP contribution in [0.2, 0.25) is 0 Å². The van der Waals surface area contributed by atoms with Gasteiger partial charge in [0.1, 0.15) is 5.52 Å². The van der Waals surface area contributed by atoms with Crippen molar-refractivity contribution in [3.8, 4) is 11.6 Å². The molecule has 102 valence electrons. The summed E-state index contributed by atoms with van der Waals surface area (Å²) in [6, 6.07) is 18.0. The van der Waals surface area contributed by atoms with E-state index in [0.29, 0.717) is 5.88 Å². The Kier molecular flexibility index (Phi) is 2.60. The number of hydrogen-bond acceptors (Lipinski definition) is 3. The highest BCUT2D eigenvalue weighted by Crippen LogP contribution is 2.30. The Hall–Kier alpha value is -2.88. The molecule has 0 aliphatic carbocycles. The first-order valence-corrected chi connectivity index (χ1v) is 6.74. The number of aromatic nitrogens is 3. The first-order valence-electron chi connectivity index (χ1n) is 6.74. The van der Waals surface area contributed by atoms with Crippen molar-refractivity contribution in [1.82, 2.24) is 14.8 Å². The van der Waals surface area contributed by atoms with Crippen molar-refractivity contribution in [2.75, 3.05) is 7.11 Å². The molecule has 4 heteroatoms. The summed E-state index contributed by atoms with van der Waals surface area (Å²) < 4.78 is 7.28. The fraction of sp³-hybridized carbons (Fsp3) is 0.0588. The maximum absolute atomic E-state index is 5.42. The number of pyridine rings is 1. The van der Waals surface area contributed by atoms with E-state index in [0.717, 1.165) is 27.5 Å². The maximum Gasteiger partial charge on any atom is 0.224 e. The van der Waals surface area contributed by atoms with E-state index >= 15 is 0 Å². The number of para-hydroxylation sites is 2. The second kappa shape index (κ2) is 4.59. The summed E-state index contributed by atoms with van der Waals surface area (Å²) in [5.41, 5.74) is 2.81. The summed E-state index contributed by atoms with van der Waals surface area (Å²) in [5, 5.41) is 6.66. The molecule has 0 saturated heterocycles. The summed E-state index contributed by atoms with van der Waals surface area (Å²) in [5.74, 6) is 0.603. The van der Waals surface area contributed by atoms with Gasteiger partial charge < -0.3 is 4.74 Å². The molecule has 2 aromatic carbocycles. The zero-order valence-electron chi connectivity index (χ0n) is 11.5. The maximum atomic E-state index is 5.42. The molecule has 0 unspecified atom stereocenters. The second-order valence-corrected chi connectivity index (χ2v) is 4.81. The van der Waals surface area contributed by atoms with Gasteiger partial charge in [-0.1, -0.05) is 36.4 Å². The standard InChI is InChI=1S/C17H13N3O/c1-21-17-14-11-20(12-7-3-2-4-8-12)19-16(14)13-9-5-6-10-15(13)18-17/h2-11H,1H3. The molecule has 0 aliphatic heterocycles. The van der Waals surface area contributed by atoms with Crippen LogP contribution in [-0.4, -0.2) is 21.9 Å². The van der Waals surface area contributed by atoms with E-state index in [-0.39, 0.29) is 0 Å². The first kappa shape index (κ1) is 11.9. The van der Waals surface area contributed by atoms with Crippen LogP contribution in [-0.2, 0) is 0 Å². The van der Waals surface area contributed by atoms with Gasteiger partial charge in [0.2, 0.25) is 5.88 Å². The third kappa shape index (κ3) is 1.84. The lowest BCUT2D eigenvalue weighted by Crippen LogP contribution is -1.92. The van der Waals surface area contributed by atoms with Gasteiger partial charge in [-0.15, -0.1) is 0 Å². The predicted molar refractivity (Wildman–Crippen MR) is 82.9 cm³/mol. The lowest BCUT2D eigenvalue weighted by atomic mass is 10.2. The van der Waals surface area contributed by atoms with Crippen molar-refractivity contribution in [3.63, 3.8) is 0 Å². The quantitative estimate of drug-likeness (QED) is 0.561. The van der Waals surface area contributed by atoms with E-state index in [2.05, 4.69) is 4.98 Å². The molecule has 0 spiro atoms. The van der Waals surface area contributed by atoms with Crippen molar-refractivity contribution >= 4 is 21.8 Å². The number of rotatable bonds is 2. The van der Waals surface area contributed by atoms with Gasteiger partial charge in [-0.3, -0.25) is 0 Å². The molecule has 2 aromatic heterocycles. The molecule has 0 atom stereocenters. The van der Waals surface area contributed by atoms with Crippen LogP contribution >= 0.6 is 0 Å². The minimum atomic E-state index is 0.603. The molecular weight excluding hydrogens is 262 g/mol. The molecular formula is C17H13N3O.